The zero-order valence-electron chi connectivity index (χ0n) is 14.5. The zero-order chi connectivity index (χ0) is 18.2. The molecule has 0 saturated heterocycles. The second-order valence-electron chi connectivity index (χ2n) is 6.06. The highest BCUT2D eigenvalue weighted by Gasteiger charge is 2.14. The van der Waals surface area contributed by atoms with Crippen LogP contribution in [-0.2, 0) is 11.3 Å². The monoisotopic (exact) mass is 340 g/mol. The Morgan fingerprint density at radius 2 is 1.64 bits per heavy atom. The fraction of sp³-hybridized carbons (Fsp3) is 0.263. The third-order valence-electron chi connectivity index (χ3n) is 3.54. The molecular weight excluding hydrogens is 316 g/mol. The Morgan fingerprint density at radius 3 is 2.24 bits per heavy atom. The van der Waals surface area contributed by atoms with Crippen LogP contribution in [0.2, 0.25) is 0 Å². The van der Waals surface area contributed by atoms with Crippen molar-refractivity contribution in [1.82, 2.24) is 10.6 Å². The highest BCUT2D eigenvalue weighted by atomic mass is 16.2. The maximum absolute atomic E-state index is 12.1. The average molecular weight is 340 g/mol. The molecule has 2 aromatic rings. The van der Waals surface area contributed by atoms with Gasteiger partial charge in [-0.25, -0.2) is 4.79 Å². The molecule has 132 valence electrons. The molecule has 25 heavy (non-hydrogen) atoms. The van der Waals surface area contributed by atoms with Gasteiger partial charge in [0.2, 0.25) is 5.91 Å². The lowest BCUT2D eigenvalue weighted by Gasteiger charge is -2.13. The number of hydrogen-bond donors (Lipinski definition) is 4. The second-order valence-corrected chi connectivity index (χ2v) is 6.06. The van der Waals surface area contributed by atoms with Gasteiger partial charge in [0.15, 0.2) is 0 Å². The van der Waals surface area contributed by atoms with E-state index in [-0.39, 0.29) is 18.0 Å². The number of carbonyl (C=O) groups is 2. The molecule has 6 nitrogen and oxygen atoms in total. The molecule has 0 radical (unpaired) electrons. The summed E-state index contributed by atoms with van der Waals surface area (Å²) in [6, 6.07) is 15.6. The maximum atomic E-state index is 12.1. The van der Waals surface area contributed by atoms with Crippen LogP contribution in [-0.4, -0.2) is 18.0 Å². The zero-order valence-corrected chi connectivity index (χ0v) is 14.5. The Kier molecular flexibility index (Phi) is 6.54. The lowest BCUT2D eigenvalue weighted by molar-refractivity contribution is -0.122. The van der Waals surface area contributed by atoms with Crippen LogP contribution in [0.15, 0.2) is 54.6 Å². The average Bonchev–Trinajstić information content (AvgIpc) is 2.60. The Balaban J connectivity index is 1.85. The number of nitrogens with two attached hydrogens (primary N) is 1. The lowest BCUT2D eigenvalue weighted by Crippen LogP contribution is -2.34. The van der Waals surface area contributed by atoms with Gasteiger partial charge in [-0.05, 0) is 37.1 Å². The van der Waals surface area contributed by atoms with Gasteiger partial charge < -0.3 is 21.7 Å². The van der Waals surface area contributed by atoms with Crippen LogP contribution < -0.4 is 21.7 Å². The van der Waals surface area contributed by atoms with Gasteiger partial charge in [0.25, 0.3) is 0 Å². The third kappa shape index (κ3) is 5.93. The minimum Gasteiger partial charge on any atom is -0.350 e. The molecule has 5 N–H and O–H groups in total. The molecule has 6 heteroatoms. The molecule has 0 aromatic heterocycles. The summed E-state index contributed by atoms with van der Waals surface area (Å²) >= 11 is 0. The van der Waals surface area contributed by atoms with E-state index in [2.05, 4.69) is 16.0 Å². The number of hydrogen-bond acceptors (Lipinski definition) is 3. The number of carbonyl (C=O) groups excluding carboxylic acids is 2. The van der Waals surface area contributed by atoms with E-state index in [0.717, 1.165) is 11.1 Å². The molecule has 2 rings (SSSR count). The van der Waals surface area contributed by atoms with Crippen molar-refractivity contribution < 1.29 is 9.59 Å². The van der Waals surface area contributed by atoms with Crippen molar-refractivity contribution in [3.8, 4) is 0 Å². The van der Waals surface area contributed by atoms with Crippen molar-refractivity contribution in [1.29, 1.82) is 0 Å². The first kappa shape index (κ1) is 18.5. The Morgan fingerprint density at radius 1 is 1.00 bits per heavy atom. The van der Waals surface area contributed by atoms with Crippen molar-refractivity contribution >= 4 is 17.6 Å². The van der Waals surface area contributed by atoms with Crippen LogP contribution in [0.1, 0.15) is 31.0 Å². The fourth-order valence-electron chi connectivity index (χ4n) is 2.25. The van der Waals surface area contributed by atoms with Gasteiger partial charge in [0.05, 0.1) is 0 Å². The normalized spacial score (nSPS) is 11.7. The van der Waals surface area contributed by atoms with E-state index >= 15 is 0 Å². The van der Waals surface area contributed by atoms with Gasteiger partial charge in [0.1, 0.15) is 6.04 Å². The summed E-state index contributed by atoms with van der Waals surface area (Å²) in [5, 5.41) is 8.32. The van der Waals surface area contributed by atoms with Crippen molar-refractivity contribution in [2.75, 3.05) is 5.32 Å². The first-order chi connectivity index (χ1) is 12.0. The molecule has 0 heterocycles. The first-order valence-electron chi connectivity index (χ1n) is 8.20. The van der Waals surface area contributed by atoms with E-state index < -0.39 is 6.04 Å². The van der Waals surface area contributed by atoms with Crippen LogP contribution in [0.25, 0.3) is 0 Å². The summed E-state index contributed by atoms with van der Waals surface area (Å²) in [6.45, 7) is 4.16. The number of benzene rings is 2. The highest BCUT2D eigenvalue weighted by molar-refractivity contribution is 5.89. The van der Waals surface area contributed by atoms with Gasteiger partial charge in [0, 0.05) is 18.3 Å². The minimum absolute atomic E-state index is 0.0725. The number of rotatable bonds is 6. The topological polar surface area (TPSA) is 96.2 Å². The molecule has 3 amide bonds. The van der Waals surface area contributed by atoms with Crippen LogP contribution in [0, 0.1) is 0 Å². The van der Waals surface area contributed by atoms with Crippen molar-refractivity contribution in [3.05, 3.63) is 65.7 Å². The van der Waals surface area contributed by atoms with Crippen molar-refractivity contribution in [2.24, 2.45) is 5.73 Å². The summed E-state index contributed by atoms with van der Waals surface area (Å²) in [5.74, 6) is -0.232. The van der Waals surface area contributed by atoms with Crippen LogP contribution >= 0.6 is 0 Å². The van der Waals surface area contributed by atoms with E-state index in [0.29, 0.717) is 12.2 Å². The van der Waals surface area contributed by atoms with Gasteiger partial charge in [-0.3, -0.25) is 4.79 Å². The Labute approximate surface area is 147 Å². The predicted octanol–water partition coefficient (Wildman–Crippen LogP) is 2.53. The van der Waals surface area contributed by atoms with Crippen LogP contribution in [0.5, 0.6) is 0 Å². The molecule has 0 bridgehead atoms. The summed E-state index contributed by atoms with van der Waals surface area (Å²) in [5.41, 5.74) is 8.34. The molecule has 0 aliphatic carbocycles. The molecule has 0 fully saturated rings. The molecule has 0 saturated carbocycles. The van der Waals surface area contributed by atoms with Gasteiger partial charge in [-0.15, -0.1) is 0 Å². The summed E-state index contributed by atoms with van der Waals surface area (Å²) in [7, 11) is 0. The lowest BCUT2D eigenvalue weighted by atomic mass is 10.1. The molecule has 0 aliphatic heterocycles. The third-order valence-corrected chi connectivity index (χ3v) is 3.54. The smallest absolute Gasteiger partial charge is 0.319 e. The molecule has 0 aliphatic rings. The number of anilines is 1. The predicted molar refractivity (Wildman–Crippen MR) is 98.9 cm³/mol. The van der Waals surface area contributed by atoms with Crippen molar-refractivity contribution in [3.63, 3.8) is 0 Å². The molecular formula is C19H24N4O2. The second kappa shape index (κ2) is 8.84. The summed E-state index contributed by atoms with van der Waals surface area (Å²) < 4.78 is 0. The Hall–Kier alpha value is -2.86. The minimum atomic E-state index is -0.693. The van der Waals surface area contributed by atoms with Crippen LogP contribution in [0.3, 0.4) is 0 Å². The maximum Gasteiger partial charge on any atom is 0.319 e. The fourth-order valence-corrected chi connectivity index (χ4v) is 2.25. The molecule has 1 unspecified atom stereocenters. The number of amides is 3. The van der Waals surface area contributed by atoms with Crippen LogP contribution in [0.4, 0.5) is 10.5 Å². The quantitative estimate of drug-likeness (QED) is 0.650. The van der Waals surface area contributed by atoms with E-state index in [1.54, 1.807) is 12.1 Å². The van der Waals surface area contributed by atoms with Crippen molar-refractivity contribution in [2.45, 2.75) is 32.5 Å². The van der Waals surface area contributed by atoms with Gasteiger partial charge in [-0.2, -0.15) is 0 Å². The summed E-state index contributed by atoms with van der Waals surface area (Å²) in [4.78, 5) is 23.8. The number of urea groups is 1. The van der Waals surface area contributed by atoms with E-state index in [9.17, 15) is 9.59 Å². The van der Waals surface area contributed by atoms with Gasteiger partial charge >= 0.3 is 6.03 Å². The van der Waals surface area contributed by atoms with E-state index in [1.807, 2.05) is 56.3 Å². The van der Waals surface area contributed by atoms with Gasteiger partial charge in [-0.1, -0.05) is 42.5 Å². The molecule has 0 spiro atoms. The summed E-state index contributed by atoms with van der Waals surface area (Å²) in [6.07, 6.45) is 0. The Bertz CT molecular complexity index is 699. The molecule has 1 atom stereocenters. The van der Waals surface area contributed by atoms with E-state index in [1.165, 1.54) is 0 Å². The SMILES string of the molecule is CC(C)NC(=O)Nc1ccc(CNC(=O)C(N)c2ccccc2)cc1. The first-order valence-corrected chi connectivity index (χ1v) is 8.20. The highest BCUT2D eigenvalue weighted by Crippen LogP contribution is 2.11. The number of nitrogens with one attached hydrogen (secondary N) is 3. The largest absolute Gasteiger partial charge is 0.350 e. The standard InChI is InChI=1S/C19H24N4O2/c1-13(2)22-19(25)23-16-10-8-14(9-11-16)12-21-18(24)17(20)15-6-4-3-5-7-15/h3-11,13,17H,12,20H2,1-2H3,(H,21,24)(H2,22,23,25). The molecule has 2 aromatic carbocycles. The van der Waals surface area contributed by atoms with E-state index in [4.69, 9.17) is 5.73 Å².